The molecule has 1 aromatic rings. The van der Waals surface area contributed by atoms with Crippen LogP contribution in [-0.2, 0) is 0 Å². The average molecular weight is 234 g/mol. The number of nitrogens with one attached hydrogen (secondary N) is 1. The summed E-state index contributed by atoms with van der Waals surface area (Å²) in [6.07, 6.45) is 3.24. The summed E-state index contributed by atoms with van der Waals surface area (Å²) in [5.41, 5.74) is 0.418. The largest absolute Gasteiger partial charge is 0.369 e. The molecule has 1 aliphatic rings. The van der Waals surface area contributed by atoms with Crippen LogP contribution < -0.4 is 5.32 Å². The molecule has 1 N–H and O–H groups in total. The molecule has 0 atom stereocenters. The highest BCUT2D eigenvalue weighted by Crippen LogP contribution is 2.26. The number of anilines is 1. The van der Waals surface area contributed by atoms with Gasteiger partial charge in [0.2, 0.25) is 0 Å². The van der Waals surface area contributed by atoms with Crippen molar-refractivity contribution in [2.45, 2.75) is 32.2 Å². The van der Waals surface area contributed by atoms with Gasteiger partial charge < -0.3 is 10.2 Å². The van der Waals surface area contributed by atoms with Crippen LogP contribution in [0.1, 0.15) is 36.7 Å². The van der Waals surface area contributed by atoms with E-state index < -0.39 is 0 Å². The van der Waals surface area contributed by atoms with E-state index in [1.807, 2.05) is 7.05 Å². The van der Waals surface area contributed by atoms with E-state index in [9.17, 15) is 4.79 Å². The molecule has 0 radical (unpaired) electrons. The van der Waals surface area contributed by atoms with Gasteiger partial charge in [0.1, 0.15) is 5.82 Å². The van der Waals surface area contributed by atoms with Crippen molar-refractivity contribution in [3.05, 3.63) is 17.8 Å². The van der Waals surface area contributed by atoms with E-state index in [4.69, 9.17) is 0 Å². The summed E-state index contributed by atoms with van der Waals surface area (Å²) in [6, 6.07) is 3.94. The van der Waals surface area contributed by atoms with Gasteiger partial charge in [0.25, 0.3) is 5.91 Å². The predicted octanol–water partition coefficient (Wildman–Crippen LogP) is 1.53. The molecule has 0 aromatic carbocycles. The van der Waals surface area contributed by atoms with E-state index in [0.29, 0.717) is 11.7 Å². The Balaban J connectivity index is 1.98. The summed E-state index contributed by atoms with van der Waals surface area (Å²) in [7, 11) is 1.82. The van der Waals surface area contributed by atoms with E-state index in [1.165, 1.54) is 0 Å². The van der Waals surface area contributed by atoms with Crippen LogP contribution in [-0.4, -0.2) is 40.6 Å². The molecular formula is C12H18N4O. The molecule has 1 aromatic heterocycles. The maximum atomic E-state index is 12.0. The Hall–Kier alpha value is -1.65. The van der Waals surface area contributed by atoms with E-state index in [2.05, 4.69) is 22.4 Å². The molecule has 0 aliphatic heterocycles. The molecule has 1 amide bonds. The van der Waals surface area contributed by atoms with Gasteiger partial charge in [0.05, 0.1) is 0 Å². The fourth-order valence-corrected chi connectivity index (χ4v) is 1.60. The van der Waals surface area contributed by atoms with Gasteiger partial charge >= 0.3 is 0 Å². The lowest BCUT2D eigenvalue weighted by molar-refractivity contribution is 0.0778. The van der Waals surface area contributed by atoms with Crippen LogP contribution in [0.5, 0.6) is 0 Å². The van der Waals surface area contributed by atoms with Crippen LogP contribution in [0, 0.1) is 0 Å². The van der Waals surface area contributed by atoms with Gasteiger partial charge in [-0.25, -0.2) is 0 Å². The zero-order valence-electron chi connectivity index (χ0n) is 10.3. The number of carbonyl (C=O) groups excluding carboxylic acids is 1. The summed E-state index contributed by atoms with van der Waals surface area (Å²) >= 11 is 0. The first kappa shape index (κ1) is 11.8. The van der Waals surface area contributed by atoms with Crippen molar-refractivity contribution in [3.63, 3.8) is 0 Å². The minimum absolute atomic E-state index is 0.0398. The lowest BCUT2D eigenvalue weighted by Gasteiger charge is -2.15. The first-order valence-electron chi connectivity index (χ1n) is 6.07. The van der Waals surface area contributed by atoms with Crippen molar-refractivity contribution < 1.29 is 4.79 Å². The van der Waals surface area contributed by atoms with Crippen molar-refractivity contribution in [3.8, 4) is 0 Å². The number of rotatable bonds is 5. The second-order valence-corrected chi connectivity index (χ2v) is 4.38. The Morgan fingerprint density at radius 1 is 1.47 bits per heavy atom. The zero-order valence-corrected chi connectivity index (χ0v) is 10.3. The average Bonchev–Trinajstić information content (AvgIpc) is 3.19. The molecule has 1 saturated carbocycles. The molecular weight excluding hydrogens is 216 g/mol. The zero-order chi connectivity index (χ0) is 12.3. The fourth-order valence-electron chi connectivity index (χ4n) is 1.60. The summed E-state index contributed by atoms with van der Waals surface area (Å²) in [6.45, 7) is 2.95. The van der Waals surface area contributed by atoms with Gasteiger partial charge in [-0.15, -0.1) is 10.2 Å². The van der Waals surface area contributed by atoms with E-state index in [-0.39, 0.29) is 5.91 Å². The summed E-state index contributed by atoms with van der Waals surface area (Å²) < 4.78 is 0. The third kappa shape index (κ3) is 2.93. The molecule has 92 valence electrons. The van der Waals surface area contributed by atoms with Crippen molar-refractivity contribution >= 4 is 11.7 Å². The van der Waals surface area contributed by atoms with Crippen molar-refractivity contribution in [1.29, 1.82) is 0 Å². The topological polar surface area (TPSA) is 58.1 Å². The van der Waals surface area contributed by atoms with Crippen LogP contribution in [0.25, 0.3) is 0 Å². The molecule has 1 fully saturated rings. The molecule has 17 heavy (non-hydrogen) atoms. The second kappa shape index (κ2) is 5.12. The third-order valence-corrected chi connectivity index (χ3v) is 2.85. The first-order chi connectivity index (χ1) is 8.22. The number of aromatic nitrogens is 2. The number of carbonyl (C=O) groups is 1. The van der Waals surface area contributed by atoms with E-state index >= 15 is 0 Å². The van der Waals surface area contributed by atoms with Gasteiger partial charge in [-0.2, -0.15) is 0 Å². The molecule has 1 aliphatic carbocycles. The highest BCUT2D eigenvalue weighted by molar-refractivity contribution is 5.92. The molecule has 0 saturated heterocycles. The lowest BCUT2D eigenvalue weighted by atomic mass is 10.3. The molecule has 2 rings (SSSR count). The van der Waals surface area contributed by atoms with Crippen LogP contribution in [0.15, 0.2) is 12.1 Å². The second-order valence-electron chi connectivity index (χ2n) is 4.38. The highest BCUT2D eigenvalue weighted by atomic mass is 16.2. The third-order valence-electron chi connectivity index (χ3n) is 2.85. The predicted molar refractivity (Wildman–Crippen MR) is 65.9 cm³/mol. The molecule has 0 spiro atoms. The van der Waals surface area contributed by atoms with Crippen LogP contribution in [0.3, 0.4) is 0 Å². The van der Waals surface area contributed by atoms with Gasteiger partial charge in [0, 0.05) is 19.6 Å². The number of amides is 1. The Morgan fingerprint density at radius 3 is 2.76 bits per heavy atom. The minimum atomic E-state index is -0.0398. The van der Waals surface area contributed by atoms with Crippen molar-refractivity contribution in [2.24, 2.45) is 0 Å². The fraction of sp³-hybridized carbons (Fsp3) is 0.583. The normalized spacial score (nSPS) is 14.5. The van der Waals surface area contributed by atoms with Gasteiger partial charge in [-0.05, 0) is 31.4 Å². The molecule has 5 nitrogen and oxygen atoms in total. The van der Waals surface area contributed by atoms with Gasteiger partial charge in [-0.1, -0.05) is 6.92 Å². The van der Waals surface area contributed by atoms with Crippen LogP contribution in [0.2, 0.25) is 0 Å². The Bertz CT molecular complexity index is 386. The summed E-state index contributed by atoms with van der Waals surface area (Å²) in [5.74, 6) is 0.680. The number of hydrogen-bond acceptors (Lipinski definition) is 4. The molecule has 0 bridgehead atoms. The first-order valence-corrected chi connectivity index (χ1v) is 6.07. The van der Waals surface area contributed by atoms with Crippen molar-refractivity contribution in [1.82, 2.24) is 15.1 Å². The summed E-state index contributed by atoms with van der Waals surface area (Å²) in [5, 5.41) is 11.1. The Kier molecular flexibility index (Phi) is 3.56. The number of nitrogens with zero attached hydrogens (tertiary/aromatic N) is 3. The highest BCUT2D eigenvalue weighted by Gasteiger charge is 2.30. The quantitative estimate of drug-likeness (QED) is 0.839. The maximum absolute atomic E-state index is 12.0. The smallest absolute Gasteiger partial charge is 0.274 e. The maximum Gasteiger partial charge on any atom is 0.274 e. The lowest BCUT2D eigenvalue weighted by Crippen LogP contribution is -2.29. The Morgan fingerprint density at radius 2 is 2.24 bits per heavy atom. The van der Waals surface area contributed by atoms with Gasteiger partial charge in [0.15, 0.2) is 5.69 Å². The molecule has 5 heteroatoms. The van der Waals surface area contributed by atoms with Crippen LogP contribution >= 0.6 is 0 Å². The summed E-state index contributed by atoms with van der Waals surface area (Å²) in [4.78, 5) is 13.7. The Labute approximate surface area is 101 Å². The van der Waals surface area contributed by atoms with E-state index in [1.54, 1.807) is 17.0 Å². The minimum Gasteiger partial charge on any atom is -0.369 e. The number of hydrogen-bond donors (Lipinski definition) is 1. The van der Waals surface area contributed by atoms with E-state index in [0.717, 1.165) is 31.6 Å². The van der Waals surface area contributed by atoms with Gasteiger partial charge in [-0.3, -0.25) is 4.79 Å². The monoisotopic (exact) mass is 234 g/mol. The van der Waals surface area contributed by atoms with Crippen LogP contribution in [0.4, 0.5) is 5.82 Å². The standard InChI is InChI=1S/C12H18N4O/c1-3-8-13-11-7-6-10(14-15-11)12(17)16(2)9-4-5-9/h6-7,9H,3-5,8H2,1-2H3,(H,13,15). The molecule has 1 heterocycles. The van der Waals surface area contributed by atoms with Crippen molar-refractivity contribution in [2.75, 3.05) is 18.9 Å². The molecule has 0 unspecified atom stereocenters. The SMILES string of the molecule is CCCNc1ccc(C(=O)N(C)C2CC2)nn1.